The van der Waals surface area contributed by atoms with E-state index in [0.717, 1.165) is 18.2 Å². The van der Waals surface area contributed by atoms with E-state index in [-0.39, 0.29) is 11.1 Å². The maximum Gasteiger partial charge on any atom is 0.262 e. The molecule has 20 heavy (non-hydrogen) atoms. The Balaban J connectivity index is 1.98. The van der Waals surface area contributed by atoms with Crippen molar-refractivity contribution >= 4 is 26.0 Å². The monoisotopic (exact) mass is 365 g/mol. The van der Waals surface area contributed by atoms with Gasteiger partial charge in [0, 0.05) is 31.2 Å². The molecule has 114 valence electrons. The number of ether oxygens (including phenoxy) is 1. The first-order valence-electron chi connectivity index (χ1n) is 6.77. The summed E-state index contributed by atoms with van der Waals surface area (Å²) in [6.45, 7) is 4.32. The maximum atomic E-state index is 12.4. The summed E-state index contributed by atoms with van der Waals surface area (Å²) in [5.41, 5.74) is 0. The van der Waals surface area contributed by atoms with Crippen molar-refractivity contribution in [1.82, 2.24) is 13.9 Å². The predicted molar refractivity (Wildman–Crippen MR) is 79.4 cm³/mol. The second kappa shape index (κ2) is 7.02. The molecular formula is C12H20BrN3O3S. The van der Waals surface area contributed by atoms with Crippen LogP contribution >= 0.6 is 15.9 Å². The van der Waals surface area contributed by atoms with E-state index >= 15 is 0 Å². The SMILES string of the molecule is CCn1cnc(S(=O)(=O)N2CCC(OCCBr)CC2)c1. The van der Waals surface area contributed by atoms with Gasteiger partial charge < -0.3 is 9.30 Å². The summed E-state index contributed by atoms with van der Waals surface area (Å²) in [7, 11) is -3.46. The zero-order chi connectivity index (χ0) is 14.6. The third-order valence-electron chi connectivity index (χ3n) is 3.41. The minimum Gasteiger partial charge on any atom is -0.377 e. The van der Waals surface area contributed by atoms with E-state index in [1.165, 1.54) is 4.31 Å². The molecule has 0 atom stereocenters. The van der Waals surface area contributed by atoms with Crippen LogP contribution < -0.4 is 0 Å². The van der Waals surface area contributed by atoms with Crippen molar-refractivity contribution in [2.24, 2.45) is 0 Å². The van der Waals surface area contributed by atoms with Gasteiger partial charge in [-0.05, 0) is 19.8 Å². The molecule has 1 aliphatic rings. The van der Waals surface area contributed by atoms with Gasteiger partial charge in [-0.2, -0.15) is 4.31 Å². The van der Waals surface area contributed by atoms with Gasteiger partial charge in [-0.15, -0.1) is 0 Å². The van der Waals surface area contributed by atoms with Crippen LogP contribution in [0.2, 0.25) is 0 Å². The number of rotatable bonds is 6. The van der Waals surface area contributed by atoms with Crippen molar-refractivity contribution in [2.45, 2.75) is 37.4 Å². The maximum absolute atomic E-state index is 12.4. The van der Waals surface area contributed by atoms with E-state index in [1.807, 2.05) is 6.92 Å². The molecule has 1 saturated heterocycles. The summed E-state index contributed by atoms with van der Waals surface area (Å²) in [6.07, 6.45) is 4.77. The van der Waals surface area contributed by atoms with E-state index in [4.69, 9.17) is 4.74 Å². The Kier molecular flexibility index (Phi) is 5.59. The second-order valence-electron chi connectivity index (χ2n) is 4.71. The van der Waals surface area contributed by atoms with E-state index < -0.39 is 10.0 Å². The summed E-state index contributed by atoms with van der Waals surface area (Å²) in [6, 6.07) is 0. The smallest absolute Gasteiger partial charge is 0.262 e. The van der Waals surface area contributed by atoms with Crippen molar-refractivity contribution in [1.29, 1.82) is 0 Å². The molecule has 2 rings (SSSR count). The Hall–Kier alpha value is -0.440. The van der Waals surface area contributed by atoms with Crippen LogP contribution in [0, 0.1) is 0 Å². The Morgan fingerprint density at radius 1 is 1.45 bits per heavy atom. The number of hydrogen-bond acceptors (Lipinski definition) is 4. The third kappa shape index (κ3) is 3.60. The number of halogens is 1. The van der Waals surface area contributed by atoms with Crippen molar-refractivity contribution in [3.8, 4) is 0 Å². The van der Waals surface area contributed by atoms with Crippen molar-refractivity contribution in [2.75, 3.05) is 25.0 Å². The van der Waals surface area contributed by atoms with Crippen LogP contribution in [0.15, 0.2) is 17.6 Å². The zero-order valence-corrected chi connectivity index (χ0v) is 13.9. The number of sulfonamides is 1. The molecule has 2 heterocycles. The Bertz CT molecular complexity index is 524. The highest BCUT2D eigenvalue weighted by Crippen LogP contribution is 2.21. The van der Waals surface area contributed by atoms with Gasteiger partial charge in [0.2, 0.25) is 0 Å². The molecule has 0 N–H and O–H groups in total. The molecule has 0 radical (unpaired) electrons. The molecule has 1 fully saturated rings. The normalized spacial score (nSPS) is 18.5. The van der Waals surface area contributed by atoms with Crippen LogP contribution in [0.1, 0.15) is 19.8 Å². The molecule has 8 heteroatoms. The first kappa shape index (κ1) is 15.9. The van der Waals surface area contributed by atoms with Gasteiger partial charge in [-0.1, -0.05) is 15.9 Å². The summed E-state index contributed by atoms with van der Waals surface area (Å²) in [4.78, 5) is 4.00. The molecule has 0 saturated carbocycles. The topological polar surface area (TPSA) is 64.4 Å². The Morgan fingerprint density at radius 3 is 2.70 bits per heavy atom. The molecular weight excluding hydrogens is 346 g/mol. The number of nitrogens with zero attached hydrogens (tertiary/aromatic N) is 3. The molecule has 0 unspecified atom stereocenters. The predicted octanol–water partition coefficient (Wildman–Crippen LogP) is 1.47. The van der Waals surface area contributed by atoms with Crippen LogP contribution in [-0.4, -0.2) is 53.4 Å². The largest absolute Gasteiger partial charge is 0.377 e. The van der Waals surface area contributed by atoms with Gasteiger partial charge in [0.1, 0.15) is 0 Å². The quantitative estimate of drug-likeness (QED) is 0.716. The lowest BCUT2D eigenvalue weighted by molar-refractivity contribution is 0.0309. The minimum absolute atomic E-state index is 0.138. The summed E-state index contributed by atoms with van der Waals surface area (Å²) in [5.74, 6) is 0. The number of imidazole rings is 1. The zero-order valence-electron chi connectivity index (χ0n) is 11.5. The summed E-state index contributed by atoms with van der Waals surface area (Å²) >= 11 is 3.32. The van der Waals surface area contributed by atoms with Gasteiger partial charge in [0.25, 0.3) is 10.0 Å². The van der Waals surface area contributed by atoms with Crippen molar-refractivity contribution in [3.63, 3.8) is 0 Å². The fourth-order valence-electron chi connectivity index (χ4n) is 2.23. The van der Waals surface area contributed by atoms with Gasteiger partial charge in [0.15, 0.2) is 5.03 Å². The average Bonchev–Trinajstić information content (AvgIpc) is 2.95. The standard InChI is InChI=1S/C12H20BrN3O3S/c1-2-15-9-12(14-10-15)20(17,18)16-6-3-11(4-7-16)19-8-5-13/h9-11H,2-8H2,1H3. The van der Waals surface area contributed by atoms with E-state index in [1.54, 1.807) is 17.1 Å². The molecule has 1 aliphatic heterocycles. The van der Waals surface area contributed by atoms with Gasteiger partial charge in [-0.3, -0.25) is 0 Å². The molecule has 0 bridgehead atoms. The average molecular weight is 366 g/mol. The lowest BCUT2D eigenvalue weighted by atomic mass is 10.1. The van der Waals surface area contributed by atoms with Gasteiger partial charge in [0.05, 0.1) is 19.0 Å². The fraction of sp³-hybridized carbons (Fsp3) is 0.750. The van der Waals surface area contributed by atoms with Crippen LogP contribution in [-0.2, 0) is 21.3 Å². The second-order valence-corrected chi connectivity index (χ2v) is 7.38. The van der Waals surface area contributed by atoms with E-state index in [9.17, 15) is 8.42 Å². The number of aromatic nitrogens is 2. The Morgan fingerprint density at radius 2 is 2.15 bits per heavy atom. The third-order valence-corrected chi connectivity index (χ3v) is 5.52. The lowest BCUT2D eigenvalue weighted by Crippen LogP contribution is -2.41. The van der Waals surface area contributed by atoms with Crippen molar-refractivity contribution in [3.05, 3.63) is 12.5 Å². The molecule has 0 amide bonds. The number of hydrogen-bond donors (Lipinski definition) is 0. The molecule has 1 aromatic rings. The highest BCUT2D eigenvalue weighted by atomic mass is 79.9. The molecule has 0 aromatic carbocycles. The highest BCUT2D eigenvalue weighted by Gasteiger charge is 2.31. The number of aryl methyl sites for hydroxylation is 1. The van der Waals surface area contributed by atoms with Gasteiger partial charge in [-0.25, -0.2) is 13.4 Å². The Labute approximate surface area is 128 Å². The van der Waals surface area contributed by atoms with Crippen LogP contribution in [0.4, 0.5) is 0 Å². The number of alkyl halides is 1. The van der Waals surface area contributed by atoms with Crippen LogP contribution in [0.5, 0.6) is 0 Å². The summed E-state index contributed by atoms with van der Waals surface area (Å²) in [5, 5.41) is 0.944. The fourth-order valence-corrected chi connectivity index (χ4v) is 3.82. The van der Waals surface area contributed by atoms with Crippen LogP contribution in [0.3, 0.4) is 0 Å². The van der Waals surface area contributed by atoms with E-state index in [2.05, 4.69) is 20.9 Å². The first-order valence-corrected chi connectivity index (χ1v) is 9.33. The van der Waals surface area contributed by atoms with Crippen molar-refractivity contribution < 1.29 is 13.2 Å². The highest BCUT2D eigenvalue weighted by molar-refractivity contribution is 9.09. The summed E-state index contributed by atoms with van der Waals surface area (Å²) < 4.78 is 33.8. The first-order chi connectivity index (χ1) is 9.57. The van der Waals surface area contributed by atoms with Crippen LogP contribution in [0.25, 0.3) is 0 Å². The lowest BCUT2D eigenvalue weighted by Gasteiger charge is -2.30. The van der Waals surface area contributed by atoms with Gasteiger partial charge >= 0.3 is 0 Å². The molecule has 0 spiro atoms. The molecule has 6 nitrogen and oxygen atoms in total. The van der Waals surface area contributed by atoms with E-state index in [0.29, 0.717) is 26.2 Å². The molecule has 1 aromatic heterocycles. The minimum atomic E-state index is -3.46. The number of piperidine rings is 1. The molecule has 0 aliphatic carbocycles.